The van der Waals surface area contributed by atoms with Gasteiger partial charge < -0.3 is 14.6 Å². The highest BCUT2D eigenvalue weighted by Gasteiger charge is 2.37. The average Bonchev–Trinajstić information content (AvgIpc) is 3.26. The van der Waals surface area contributed by atoms with Crippen molar-refractivity contribution in [2.45, 2.75) is 36.7 Å². The molecule has 0 unspecified atom stereocenters. The molecule has 0 aliphatic carbocycles. The molecule has 0 saturated carbocycles. The lowest BCUT2D eigenvalue weighted by molar-refractivity contribution is -0.126. The molecule has 26 heavy (non-hydrogen) atoms. The highest BCUT2D eigenvalue weighted by Crippen LogP contribution is 2.30. The Kier molecular flexibility index (Phi) is 4.28. The molecule has 4 rings (SSSR count). The van der Waals surface area contributed by atoms with Gasteiger partial charge in [-0.1, -0.05) is 12.1 Å². The number of sulfonamides is 1. The standard InChI is InChI=1S/C18H19N3O4S/c22-18(19-12-13-6-5-11-25-13)15-8-3-4-10-21(15)17-14-7-1-2-9-16(14)26(23,24)20-17/h1-2,5-7,9,11,15H,3-4,8,10,12H2,(H,19,22)/t15-/m0/s1. The van der Waals surface area contributed by atoms with Crippen molar-refractivity contribution in [2.24, 2.45) is 4.40 Å². The lowest BCUT2D eigenvalue weighted by Crippen LogP contribution is -2.51. The fourth-order valence-electron chi connectivity index (χ4n) is 3.46. The number of hydrogen-bond acceptors (Lipinski definition) is 5. The van der Waals surface area contributed by atoms with Gasteiger partial charge in [-0.05, 0) is 43.5 Å². The smallest absolute Gasteiger partial charge is 0.285 e. The third-order valence-electron chi connectivity index (χ3n) is 4.71. The van der Waals surface area contributed by atoms with Crippen LogP contribution >= 0.6 is 0 Å². The van der Waals surface area contributed by atoms with Crippen molar-refractivity contribution in [1.82, 2.24) is 10.2 Å². The number of hydrogen-bond donors (Lipinski definition) is 1. The number of furan rings is 1. The third-order valence-corrected chi connectivity index (χ3v) is 6.03. The number of amides is 1. The highest BCUT2D eigenvalue weighted by atomic mass is 32.2. The number of likely N-dealkylation sites (tertiary alicyclic amines) is 1. The number of benzene rings is 1. The van der Waals surface area contributed by atoms with Crippen LogP contribution in [0.1, 0.15) is 30.6 Å². The average molecular weight is 373 g/mol. The summed E-state index contributed by atoms with van der Waals surface area (Å²) in [6.45, 7) is 0.902. The number of amidine groups is 1. The molecule has 1 atom stereocenters. The molecule has 2 aliphatic rings. The summed E-state index contributed by atoms with van der Waals surface area (Å²) in [6, 6.07) is 9.87. The summed E-state index contributed by atoms with van der Waals surface area (Å²) in [7, 11) is -3.70. The summed E-state index contributed by atoms with van der Waals surface area (Å²) < 4.78 is 33.9. The van der Waals surface area contributed by atoms with Crippen LogP contribution in [0.2, 0.25) is 0 Å². The summed E-state index contributed by atoms with van der Waals surface area (Å²) in [5.41, 5.74) is 0.568. The van der Waals surface area contributed by atoms with Gasteiger partial charge in [0.15, 0.2) is 5.84 Å². The van der Waals surface area contributed by atoms with E-state index in [1.54, 1.807) is 42.7 Å². The Labute approximate surface area is 151 Å². The van der Waals surface area contributed by atoms with Crippen LogP contribution in [0.15, 0.2) is 56.4 Å². The largest absolute Gasteiger partial charge is 0.467 e. The minimum atomic E-state index is -3.70. The molecule has 1 aromatic carbocycles. The maximum Gasteiger partial charge on any atom is 0.285 e. The molecule has 2 aliphatic heterocycles. The Morgan fingerprint density at radius 2 is 2.08 bits per heavy atom. The SMILES string of the molecule is O=C(NCc1ccco1)[C@@H]1CCCCN1C1=NS(=O)(=O)c2ccccc21. The van der Waals surface area contributed by atoms with E-state index in [0.29, 0.717) is 36.7 Å². The molecule has 1 saturated heterocycles. The summed E-state index contributed by atoms with van der Waals surface area (Å²) in [4.78, 5) is 14.8. The third kappa shape index (κ3) is 3.01. The van der Waals surface area contributed by atoms with E-state index in [1.165, 1.54) is 0 Å². The first-order valence-corrected chi connectivity index (χ1v) is 10.0. The lowest BCUT2D eigenvalue weighted by Gasteiger charge is -2.36. The molecule has 0 radical (unpaired) electrons. The van der Waals surface area contributed by atoms with E-state index < -0.39 is 16.1 Å². The zero-order valence-corrected chi connectivity index (χ0v) is 14.9. The molecule has 0 bridgehead atoms. The van der Waals surface area contributed by atoms with Crippen LogP contribution < -0.4 is 5.32 Å². The number of nitrogens with one attached hydrogen (secondary N) is 1. The van der Waals surface area contributed by atoms with E-state index in [1.807, 2.05) is 4.90 Å². The molecular weight excluding hydrogens is 354 g/mol. The van der Waals surface area contributed by atoms with Crippen LogP contribution in [0.3, 0.4) is 0 Å². The molecule has 136 valence electrons. The monoisotopic (exact) mass is 373 g/mol. The molecule has 7 nitrogen and oxygen atoms in total. The molecule has 0 spiro atoms. The van der Waals surface area contributed by atoms with Gasteiger partial charge in [0.1, 0.15) is 16.7 Å². The topological polar surface area (TPSA) is 92.0 Å². The van der Waals surface area contributed by atoms with Gasteiger partial charge in [-0.15, -0.1) is 4.40 Å². The van der Waals surface area contributed by atoms with Gasteiger partial charge in [0.05, 0.1) is 12.8 Å². The fraction of sp³-hybridized carbons (Fsp3) is 0.333. The predicted molar refractivity (Wildman–Crippen MR) is 95.1 cm³/mol. The summed E-state index contributed by atoms with van der Waals surface area (Å²) in [5.74, 6) is 0.899. The van der Waals surface area contributed by atoms with Gasteiger partial charge in [-0.3, -0.25) is 4.79 Å². The minimum Gasteiger partial charge on any atom is -0.467 e. The van der Waals surface area contributed by atoms with Crippen LogP contribution in [-0.2, 0) is 21.4 Å². The van der Waals surface area contributed by atoms with Crippen molar-refractivity contribution in [3.63, 3.8) is 0 Å². The molecule has 3 heterocycles. The predicted octanol–water partition coefficient (Wildman–Crippen LogP) is 1.90. The van der Waals surface area contributed by atoms with Gasteiger partial charge in [0.2, 0.25) is 5.91 Å². The first kappa shape index (κ1) is 16.8. The molecule has 1 N–H and O–H groups in total. The van der Waals surface area contributed by atoms with E-state index in [0.717, 1.165) is 12.8 Å². The van der Waals surface area contributed by atoms with Gasteiger partial charge in [-0.2, -0.15) is 8.42 Å². The van der Waals surface area contributed by atoms with Gasteiger partial charge in [-0.25, -0.2) is 0 Å². The second kappa shape index (κ2) is 6.60. The van der Waals surface area contributed by atoms with Gasteiger partial charge in [0.25, 0.3) is 10.0 Å². The van der Waals surface area contributed by atoms with Crippen molar-refractivity contribution in [1.29, 1.82) is 0 Å². The Hall–Kier alpha value is -2.61. The number of carbonyl (C=O) groups excluding carboxylic acids is 1. The second-order valence-electron chi connectivity index (χ2n) is 6.39. The van der Waals surface area contributed by atoms with Crippen molar-refractivity contribution in [2.75, 3.05) is 6.54 Å². The quantitative estimate of drug-likeness (QED) is 0.887. The van der Waals surface area contributed by atoms with Crippen LogP contribution in [0, 0.1) is 0 Å². The number of piperidine rings is 1. The summed E-state index contributed by atoms with van der Waals surface area (Å²) in [6.07, 6.45) is 4.02. The van der Waals surface area contributed by atoms with E-state index in [9.17, 15) is 13.2 Å². The zero-order valence-electron chi connectivity index (χ0n) is 14.1. The van der Waals surface area contributed by atoms with Crippen LogP contribution in [0.5, 0.6) is 0 Å². The van der Waals surface area contributed by atoms with Crippen molar-refractivity contribution >= 4 is 21.8 Å². The molecule has 1 aromatic heterocycles. The first-order chi connectivity index (χ1) is 12.6. The number of rotatable bonds is 3. The van der Waals surface area contributed by atoms with E-state index in [4.69, 9.17) is 4.42 Å². The number of fused-ring (bicyclic) bond motifs is 1. The molecule has 1 amide bonds. The van der Waals surface area contributed by atoms with Crippen molar-refractivity contribution in [3.05, 3.63) is 54.0 Å². The second-order valence-corrected chi connectivity index (χ2v) is 7.96. The Morgan fingerprint density at radius 1 is 1.23 bits per heavy atom. The highest BCUT2D eigenvalue weighted by molar-refractivity contribution is 7.90. The molecule has 1 fully saturated rings. The van der Waals surface area contributed by atoms with Gasteiger partial charge >= 0.3 is 0 Å². The summed E-state index contributed by atoms with van der Waals surface area (Å²) >= 11 is 0. The van der Waals surface area contributed by atoms with Crippen LogP contribution in [-0.4, -0.2) is 37.6 Å². The van der Waals surface area contributed by atoms with Gasteiger partial charge in [0, 0.05) is 12.1 Å². The molecular formula is C18H19N3O4S. The van der Waals surface area contributed by atoms with E-state index in [2.05, 4.69) is 9.71 Å². The van der Waals surface area contributed by atoms with Crippen molar-refractivity contribution in [3.8, 4) is 0 Å². The molecule has 2 aromatic rings. The number of carbonyl (C=O) groups is 1. The lowest BCUT2D eigenvalue weighted by atomic mass is 9.99. The molecule has 8 heteroatoms. The maximum absolute atomic E-state index is 12.7. The minimum absolute atomic E-state index is 0.148. The number of nitrogens with zero attached hydrogens (tertiary/aromatic N) is 2. The maximum atomic E-state index is 12.7. The van der Waals surface area contributed by atoms with E-state index in [-0.39, 0.29) is 10.8 Å². The Balaban J connectivity index is 1.59. The van der Waals surface area contributed by atoms with Crippen molar-refractivity contribution < 1.29 is 17.6 Å². The summed E-state index contributed by atoms with van der Waals surface area (Å²) in [5, 5.41) is 2.87. The van der Waals surface area contributed by atoms with Crippen LogP contribution in [0.25, 0.3) is 0 Å². The fourth-order valence-corrected chi connectivity index (χ4v) is 4.68. The normalized spacial score (nSPS) is 21.2. The Bertz CT molecular complexity index is 951. The zero-order chi connectivity index (χ0) is 18.1. The van der Waals surface area contributed by atoms with Crippen LogP contribution in [0.4, 0.5) is 0 Å². The Morgan fingerprint density at radius 3 is 2.88 bits per heavy atom. The first-order valence-electron chi connectivity index (χ1n) is 8.57. The van der Waals surface area contributed by atoms with E-state index >= 15 is 0 Å².